The maximum atomic E-state index is 13.5. The van der Waals surface area contributed by atoms with Crippen molar-refractivity contribution in [2.75, 3.05) is 6.54 Å². The van der Waals surface area contributed by atoms with Gasteiger partial charge in [0.15, 0.2) is 0 Å². The standard InChI is InChI=1S/C10H9ClF3NO3S/c1-5-2-6(10(16)15-4-8(12)13)3-7(9(5)14)19(11,17)18/h2-3,8H,4H2,1H3,(H,15,16). The molecule has 0 saturated heterocycles. The van der Waals surface area contributed by atoms with Crippen molar-refractivity contribution in [2.45, 2.75) is 18.2 Å². The summed E-state index contributed by atoms with van der Waals surface area (Å²) in [6, 6.07) is 1.74. The van der Waals surface area contributed by atoms with Gasteiger partial charge < -0.3 is 5.32 Å². The Balaban J connectivity index is 3.18. The summed E-state index contributed by atoms with van der Waals surface area (Å²) >= 11 is 0. The van der Waals surface area contributed by atoms with E-state index in [2.05, 4.69) is 0 Å². The Bertz CT molecular complexity index is 604. The largest absolute Gasteiger partial charge is 0.346 e. The SMILES string of the molecule is Cc1cc(C(=O)NCC(F)F)cc(S(=O)(=O)Cl)c1F. The molecule has 0 atom stereocenters. The van der Waals surface area contributed by atoms with Crippen molar-refractivity contribution in [3.8, 4) is 0 Å². The van der Waals surface area contributed by atoms with Crippen LogP contribution in [0.1, 0.15) is 15.9 Å². The Labute approximate surface area is 112 Å². The topological polar surface area (TPSA) is 63.2 Å². The molecule has 0 unspecified atom stereocenters. The molecule has 9 heteroatoms. The summed E-state index contributed by atoms with van der Waals surface area (Å²) in [5, 5.41) is 1.87. The molecule has 0 radical (unpaired) electrons. The second-order valence-electron chi connectivity index (χ2n) is 3.64. The number of nitrogens with one attached hydrogen (secondary N) is 1. The monoisotopic (exact) mass is 315 g/mol. The highest BCUT2D eigenvalue weighted by molar-refractivity contribution is 8.13. The fourth-order valence-electron chi connectivity index (χ4n) is 1.32. The molecule has 0 fully saturated rings. The third kappa shape index (κ3) is 4.10. The molecule has 106 valence electrons. The first-order chi connectivity index (χ1) is 8.62. The minimum Gasteiger partial charge on any atom is -0.346 e. The first-order valence-electron chi connectivity index (χ1n) is 4.94. The first kappa shape index (κ1) is 15.8. The van der Waals surface area contributed by atoms with Crippen molar-refractivity contribution in [3.63, 3.8) is 0 Å². The molecular weight excluding hydrogens is 307 g/mol. The normalized spacial score (nSPS) is 11.7. The predicted octanol–water partition coefficient (Wildman–Crippen LogP) is 2.06. The number of aryl methyl sites for hydroxylation is 1. The van der Waals surface area contributed by atoms with Gasteiger partial charge in [-0.25, -0.2) is 21.6 Å². The van der Waals surface area contributed by atoms with Crippen LogP contribution in [0.15, 0.2) is 17.0 Å². The Hall–Kier alpha value is -1.28. The maximum absolute atomic E-state index is 13.5. The lowest BCUT2D eigenvalue weighted by Crippen LogP contribution is -2.28. The number of hydrogen-bond acceptors (Lipinski definition) is 3. The van der Waals surface area contributed by atoms with Crippen molar-refractivity contribution in [1.82, 2.24) is 5.32 Å². The molecule has 1 aromatic rings. The van der Waals surface area contributed by atoms with Crippen LogP contribution in [0.2, 0.25) is 0 Å². The number of amides is 1. The minimum atomic E-state index is -4.37. The van der Waals surface area contributed by atoms with Crippen LogP contribution in [0.25, 0.3) is 0 Å². The minimum absolute atomic E-state index is 0.135. The number of halogens is 4. The van der Waals surface area contributed by atoms with E-state index >= 15 is 0 Å². The molecule has 1 amide bonds. The van der Waals surface area contributed by atoms with Gasteiger partial charge >= 0.3 is 0 Å². The predicted molar refractivity (Wildman–Crippen MR) is 62.5 cm³/mol. The van der Waals surface area contributed by atoms with E-state index in [0.717, 1.165) is 6.07 Å². The van der Waals surface area contributed by atoms with E-state index in [1.54, 1.807) is 0 Å². The van der Waals surface area contributed by atoms with Gasteiger partial charge in [0.25, 0.3) is 21.4 Å². The molecule has 1 aromatic carbocycles. The Morgan fingerprint density at radius 2 is 2.00 bits per heavy atom. The van der Waals surface area contributed by atoms with Gasteiger partial charge in [0.2, 0.25) is 0 Å². The van der Waals surface area contributed by atoms with E-state index in [1.165, 1.54) is 6.92 Å². The van der Waals surface area contributed by atoms with Crippen LogP contribution < -0.4 is 5.32 Å². The number of benzene rings is 1. The lowest BCUT2D eigenvalue weighted by atomic mass is 10.1. The van der Waals surface area contributed by atoms with E-state index in [9.17, 15) is 26.4 Å². The lowest BCUT2D eigenvalue weighted by molar-refractivity contribution is 0.0891. The van der Waals surface area contributed by atoms with Gasteiger partial charge in [-0.1, -0.05) is 0 Å². The Kier molecular flexibility index (Phi) is 4.81. The average Bonchev–Trinajstić information content (AvgIpc) is 2.27. The zero-order valence-corrected chi connectivity index (χ0v) is 11.2. The summed E-state index contributed by atoms with van der Waals surface area (Å²) in [7, 11) is 0.646. The average molecular weight is 316 g/mol. The summed E-state index contributed by atoms with van der Waals surface area (Å²) in [5.74, 6) is -2.02. The van der Waals surface area contributed by atoms with Gasteiger partial charge in [-0.2, -0.15) is 0 Å². The fourth-order valence-corrected chi connectivity index (χ4v) is 2.30. The summed E-state index contributed by atoms with van der Waals surface area (Å²) in [6.45, 7) is 0.336. The van der Waals surface area contributed by atoms with Gasteiger partial charge in [0, 0.05) is 16.2 Å². The summed E-state index contributed by atoms with van der Waals surface area (Å²) in [5.41, 5.74) is -0.400. The van der Waals surface area contributed by atoms with Crippen LogP contribution in [-0.4, -0.2) is 27.3 Å². The molecule has 0 aliphatic carbocycles. The van der Waals surface area contributed by atoms with E-state index in [4.69, 9.17) is 10.7 Å². The number of alkyl halides is 2. The van der Waals surface area contributed by atoms with Crippen LogP contribution in [0.5, 0.6) is 0 Å². The smallest absolute Gasteiger partial charge is 0.264 e. The molecule has 0 saturated carbocycles. The van der Waals surface area contributed by atoms with Crippen LogP contribution in [-0.2, 0) is 9.05 Å². The van der Waals surface area contributed by atoms with E-state index in [1.807, 2.05) is 5.32 Å². The van der Waals surface area contributed by atoms with Crippen molar-refractivity contribution in [1.29, 1.82) is 0 Å². The molecule has 1 rings (SSSR count). The van der Waals surface area contributed by atoms with E-state index < -0.39 is 38.6 Å². The highest BCUT2D eigenvalue weighted by Crippen LogP contribution is 2.23. The highest BCUT2D eigenvalue weighted by Gasteiger charge is 2.21. The number of carbonyl (C=O) groups is 1. The van der Waals surface area contributed by atoms with Crippen molar-refractivity contribution in [3.05, 3.63) is 29.1 Å². The second kappa shape index (κ2) is 5.79. The van der Waals surface area contributed by atoms with Crippen molar-refractivity contribution >= 4 is 25.6 Å². The highest BCUT2D eigenvalue weighted by atomic mass is 35.7. The van der Waals surface area contributed by atoms with Gasteiger partial charge in [0.05, 0.1) is 6.54 Å². The maximum Gasteiger partial charge on any atom is 0.264 e. The Morgan fingerprint density at radius 3 is 2.47 bits per heavy atom. The molecule has 0 bridgehead atoms. The second-order valence-corrected chi connectivity index (χ2v) is 6.18. The molecule has 0 spiro atoms. The van der Waals surface area contributed by atoms with Gasteiger partial charge in [-0.05, 0) is 24.6 Å². The van der Waals surface area contributed by atoms with Gasteiger partial charge in [0.1, 0.15) is 10.7 Å². The lowest BCUT2D eigenvalue weighted by Gasteiger charge is -2.08. The summed E-state index contributed by atoms with van der Waals surface area (Å²) < 4.78 is 59.6. The zero-order chi connectivity index (χ0) is 14.8. The molecule has 0 aromatic heterocycles. The van der Waals surface area contributed by atoms with E-state index in [0.29, 0.717) is 6.07 Å². The number of carbonyl (C=O) groups excluding carboxylic acids is 1. The van der Waals surface area contributed by atoms with Crippen molar-refractivity contribution < 1.29 is 26.4 Å². The molecule has 0 aliphatic rings. The van der Waals surface area contributed by atoms with Gasteiger partial charge in [-0.15, -0.1) is 0 Å². The number of hydrogen-bond donors (Lipinski definition) is 1. The van der Waals surface area contributed by atoms with Gasteiger partial charge in [-0.3, -0.25) is 4.79 Å². The molecule has 0 heterocycles. The van der Waals surface area contributed by atoms with Crippen molar-refractivity contribution in [2.24, 2.45) is 0 Å². The quantitative estimate of drug-likeness (QED) is 0.865. The number of rotatable bonds is 4. The summed E-state index contributed by atoms with van der Waals surface area (Å²) in [4.78, 5) is 10.6. The van der Waals surface area contributed by atoms with Crippen LogP contribution in [0, 0.1) is 12.7 Å². The zero-order valence-electron chi connectivity index (χ0n) is 9.58. The summed E-state index contributed by atoms with van der Waals surface area (Å²) in [6.07, 6.45) is -2.75. The Morgan fingerprint density at radius 1 is 1.42 bits per heavy atom. The molecular formula is C10H9ClF3NO3S. The van der Waals surface area contributed by atoms with E-state index in [-0.39, 0.29) is 11.1 Å². The molecule has 4 nitrogen and oxygen atoms in total. The van der Waals surface area contributed by atoms with Crippen LogP contribution in [0.4, 0.5) is 13.2 Å². The third-order valence-electron chi connectivity index (χ3n) is 2.16. The fraction of sp³-hybridized carbons (Fsp3) is 0.300. The van der Waals surface area contributed by atoms with Crippen LogP contribution in [0.3, 0.4) is 0 Å². The molecule has 19 heavy (non-hydrogen) atoms. The van der Waals surface area contributed by atoms with Crippen LogP contribution >= 0.6 is 10.7 Å². The first-order valence-corrected chi connectivity index (χ1v) is 7.25. The molecule has 0 aliphatic heterocycles. The third-order valence-corrected chi connectivity index (χ3v) is 3.48. The molecule has 1 N–H and O–H groups in total.